The Kier molecular flexibility index (Phi) is 6.84. The molecule has 0 saturated carbocycles. The Labute approximate surface area is 95.3 Å². The molecule has 0 radical (unpaired) electrons. The fourth-order valence-electron chi connectivity index (χ4n) is 1.25. The molecule has 0 bridgehead atoms. The van der Waals surface area contributed by atoms with Crippen molar-refractivity contribution < 1.29 is 31.1 Å². The summed E-state index contributed by atoms with van der Waals surface area (Å²) < 4.78 is 71.5. The smallest absolute Gasteiger partial charge is 0.364 e. The summed E-state index contributed by atoms with van der Waals surface area (Å²) in [6.45, 7) is 2.50. The van der Waals surface area contributed by atoms with E-state index in [4.69, 9.17) is 0 Å². The van der Waals surface area contributed by atoms with E-state index in [1.54, 1.807) is 0 Å². The van der Waals surface area contributed by atoms with Crippen LogP contribution >= 0.6 is 0 Å². The van der Waals surface area contributed by atoms with E-state index < -0.39 is 18.5 Å². The molecule has 1 saturated heterocycles. The van der Waals surface area contributed by atoms with Gasteiger partial charge in [-0.2, -0.15) is 26.3 Å². The van der Waals surface area contributed by atoms with Crippen LogP contribution in [0.4, 0.5) is 26.3 Å². The summed E-state index contributed by atoms with van der Waals surface area (Å²) in [6.07, 6.45) is -10.3. The van der Waals surface area contributed by atoms with Crippen molar-refractivity contribution in [1.82, 2.24) is 5.32 Å². The third-order valence-corrected chi connectivity index (χ3v) is 2.04. The number of alkyl halides is 6. The fourth-order valence-corrected chi connectivity index (χ4v) is 1.25. The van der Waals surface area contributed by atoms with Gasteiger partial charge in [-0.25, -0.2) is 0 Å². The van der Waals surface area contributed by atoms with Gasteiger partial charge in [-0.15, -0.1) is 0 Å². The molecule has 1 aliphatic heterocycles. The SMILES string of the molecule is C1CCNCC1.COC(C(F)(F)F)C(F)(F)F. The molecule has 1 N–H and O–H groups in total. The van der Waals surface area contributed by atoms with Gasteiger partial charge < -0.3 is 10.1 Å². The van der Waals surface area contributed by atoms with Gasteiger partial charge in [0.05, 0.1) is 0 Å². The van der Waals surface area contributed by atoms with Crippen molar-refractivity contribution in [2.24, 2.45) is 0 Å². The number of piperidine rings is 1. The highest BCUT2D eigenvalue weighted by Gasteiger charge is 2.57. The van der Waals surface area contributed by atoms with E-state index in [9.17, 15) is 26.3 Å². The average Bonchev–Trinajstić information content (AvgIpc) is 2.17. The molecular formula is C9H15F6NO. The quantitative estimate of drug-likeness (QED) is 0.738. The molecule has 0 spiro atoms. The standard InChI is InChI=1S/C5H11N.C4H4F6O/c1-2-4-6-5-3-1;1-11-2(3(5,6)7)4(8,9)10/h6H,1-5H2;2H,1H3. The Morgan fingerprint density at radius 2 is 1.29 bits per heavy atom. The van der Waals surface area contributed by atoms with Crippen molar-refractivity contribution in [2.75, 3.05) is 20.2 Å². The van der Waals surface area contributed by atoms with Crippen LogP contribution in [0.15, 0.2) is 0 Å². The van der Waals surface area contributed by atoms with Crippen molar-refractivity contribution >= 4 is 0 Å². The van der Waals surface area contributed by atoms with E-state index in [0.717, 1.165) is 0 Å². The predicted molar refractivity (Wildman–Crippen MR) is 49.6 cm³/mol. The molecule has 2 nitrogen and oxygen atoms in total. The fraction of sp³-hybridized carbons (Fsp3) is 1.00. The van der Waals surface area contributed by atoms with E-state index in [1.165, 1.54) is 32.4 Å². The molecule has 0 unspecified atom stereocenters. The molecular weight excluding hydrogens is 252 g/mol. The minimum atomic E-state index is -5.40. The van der Waals surface area contributed by atoms with Crippen molar-refractivity contribution in [3.8, 4) is 0 Å². The summed E-state index contributed by atoms with van der Waals surface area (Å²) in [5.74, 6) is 0. The zero-order chi connectivity index (χ0) is 13.5. The van der Waals surface area contributed by atoms with Crippen molar-refractivity contribution in [3.63, 3.8) is 0 Å². The monoisotopic (exact) mass is 267 g/mol. The first kappa shape index (κ1) is 16.5. The first-order valence-electron chi connectivity index (χ1n) is 5.06. The van der Waals surface area contributed by atoms with E-state index in [1.807, 2.05) is 0 Å². The molecule has 1 rings (SSSR count). The Hall–Kier alpha value is -0.500. The highest BCUT2D eigenvalue weighted by molar-refractivity contribution is 4.74. The maximum atomic E-state index is 11.4. The van der Waals surface area contributed by atoms with Gasteiger partial charge in [0, 0.05) is 7.11 Å². The van der Waals surface area contributed by atoms with Crippen LogP contribution in [0.1, 0.15) is 19.3 Å². The van der Waals surface area contributed by atoms with Crippen LogP contribution in [0.25, 0.3) is 0 Å². The summed E-state index contributed by atoms with van der Waals surface area (Å²) in [6, 6.07) is 0. The topological polar surface area (TPSA) is 21.3 Å². The van der Waals surface area contributed by atoms with Crippen LogP contribution in [-0.2, 0) is 4.74 Å². The highest BCUT2D eigenvalue weighted by Crippen LogP contribution is 2.34. The second-order valence-corrected chi connectivity index (χ2v) is 3.51. The number of halogens is 6. The van der Waals surface area contributed by atoms with Gasteiger partial charge in [-0.1, -0.05) is 6.42 Å². The third kappa shape index (κ3) is 7.43. The summed E-state index contributed by atoms with van der Waals surface area (Å²) in [5, 5.41) is 3.28. The van der Waals surface area contributed by atoms with Gasteiger partial charge in [0.15, 0.2) is 0 Å². The lowest BCUT2D eigenvalue weighted by Crippen LogP contribution is -2.43. The van der Waals surface area contributed by atoms with Crippen LogP contribution in [0, 0.1) is 0 Å². The second-order valence-electron chi connectivity index (χ2n) is 3.51. The highest BCUT2D eigenvalue weighted by atomic mass is 19.4. The normalized spacial score (nSPS) is 17.6. The van der Waals surface area contributed by atoms with Crippen molar-refractivity contribution in [1.29, 1.82) is 0 Å². The zero-order valence-electron chi connectivity index (χ0n) is 9.29. The van der Waals surface area contributed by atoms with Crippen molar-refractivity contribution in [2.45, 2.75) is 37.7 Å². The molecule has 1 heterocycles. The van der Waals surface area contributed by atoms with Crippen LogP contribution in [0.5, 0.6) is 0 Å². The van der Waals surface area contributed by atoms with Gasteiger partial charge in [0.2, 0.25) is 6.10 Å². The van der Waals surface area contributed by atoms with Gasteiger partial charge in [-0.3, -0.25) is 0 Å². The maximum Gasteiger partial charge on any atom is 0.423 e. The minimum absolute atomic E-state index is 0.353. The Bertz CT molecular complexity index is 173. The Morgan fingerprint density at radius 3 is 1.35 bits per heavy atom. The van der Waals surface area contributed by atoms with Gasteiger partial charge in [0.25, 0.3) is 0 Å². The van der Waals surface area contributed by atoms with E-state index in [0.29, 0.717) is 7.11 Å². The summed E-state index contributed by atoms with van der Waals surface area (Å²) in [5.41, 5.74) is 0. The van der Waals surface area contributed by atoms with Crippen molar-refractivity contribution in [3.05, 3.63) is 0 Å². The lowest BCUT2D eigenvalue weighted by molar-refractivity contribution is -0.315. The van der Waals surface area contributed by atoms with Gasteiger partial charge in [-0.05, 0) is 25.9 Å². The van der Waals surface area contributed by atoms with Gasteiger partial charge >= 0.3 is 12.4 Å². The zero-order valence-corrected chi connectivity index (χ0v) is 9.29. The number of rotatable bonds is 1. The molecule has 0 aromatic rings. The third-order valence-electron chi connectivity index (χ3n) is 2.04. The average molecular weight is 267 g/mol. The molecule has 0 amide bonds. The van der Waals surface area contributed by atoms with Gasteiger partial charge in [0.1, 0.15) is 0 Å². The van der Waals surface area contributed by atoms with E-state index in [2.05, 4.69) is 10.1 Å². The Balaban J connectivity index is 0.000000354. The minimum Gasteiger partial charge on any atom is -0.364 e. The molecule has 8 heteroatoms. The maximum absolute atomic E-state index is 11.4. The molecule has 0 aliphatic carbocycles. The number of hydrogen-bond donors (Lipinski definition) is 1. The summed E-state index contributed by atoms with van der Waals surface area (Å²) in [4.78, 5) is 0. The van der Waals surface area contributed by atoms with E-state index in [-0.39, 0.29) is 0 Å². The number of methoxy groups -OCH3 is 1. The largest absolute Gasteiger partial charge is 0.423 e. The predicted octanol–water partition coefficient (Wildman–Crippen LogP) is 2.89. The molecule has 1 fully saturated rings. The van der Waals surface area contributed by atoms with Crippen LogP contribution in [-0.4, -0.2) is 38.7 Å². The lowest BCUT2D eigenvalue weighted by atomic mass is 10.2. The first-order valence-corrected chi connectivity index (χ1v) is 5.06. The van der Waals surface area contributed by atoms with Crippen LogP contribution in [0.2, 0.25) is 0 Å². The Morgan fingerprint density at radius 1 is 0.882 bits per heavy atom. The lowest BCUT2D eigenvalue weighted by Gasteiger charge is -2.20. The number of nitrogens with one attached hydrogen (secondary N) is 1. The molecule has 104 valence electrons. The number of hydrogen-bond acceptors (Lipinski definition) is 2. The number of ether oxygens (including phenoxy) is 1. The molecule has 1 aliphatic rings. The van der Waals surface area contributed by atoms with Crippen LogP contribution in [0.3, 0.4) is 0 Å². The summed E-state index contributed by atoms with van der Waals surface area (Å²) >= 11 is 0. The molecule has 0 atom stereocenters. The molecule has 0 aromatic heterocycles. The molecule has 0 aromatic carbocycles. The van der Waals surface area contributed by atoms with E-state index >= 15 is 0 Å². The molecule has 17 heavy (non-hydrogen) atoms. The second kappa shape index (κ2) is 7.05. The van der Waals surface area contributed by atoms with Crippen LogP contribution < -0.4 is 5.32 Å². The first-order chi connectivity index (χ1) is 7.69. The summed E-state index contributed by atoms with van der Waals surface area (Å²) in [7, 11) is 0.353.